The maximum atomic E-state index is 12.3. The van der Waals surface area contributed by atoms with E-state index in [9.17, 15) is 10.1 Å². The number of rotatable bonds is 5. The second-order valence-corrected chi connectivity index (χ2v) is 7.47. The molecule has 1 amide bonds. The van der Waals surface area contributed by atoms with E-state index in [1.54, 1.807) is 0 Å². The molecule has 0 bridgehead atoms. The van der Waals surface area contributed by atoms with Crippen LogP contribution in [0, 0.1) is 17.2 Å². The number of benzene rings is 1. The van der Waals surface area contributed by atoms with Gasteiger partial charge in [0, 0.05) is 10.7 Å². The van der Waals surface area contributed by atoms with E-state index < -0.39 is 5.54 Å². The quantitative estimate of drug-likeness (QED) is 0.830. The Labute approximate surface area is 148 Å². The van der Waals surface area contributed by atoms with Gasteiger partial charge in [-0.05, 0) is 43.9 Å². The molecule has 2 aliphatic rings. The Morgan fingerprint density at radius 2 is 2.17 bits per heavy atom. The maximum Gasteiger partial charge on any atom is 0.276 e. The lowest BCUT2D eigenvalue weighted by molar-refractivity contribution is -0.892. The lowest BCUT2D eigenvalue weighted by Gasteiger charge is -2.34. The number of amides is 1. The molecule has 24 heavy (non-hydrogen) atoms. The van der Waals surface area contributed by atoms with Gasteiger partial charge in [0.25, 0.3) is 5.91 Å². The normalized spacial score (nSPS) is 21.0. The number of piperazine rings is 1. The average molecular weight is 348 g/mol. The monoisotopic (exact) mass is 347 g/mol. The molecule has 5 nitrogen and oxygen atoms in total. The Morgan fingerprint density at radius 1 is 1.46 bits per heavy atom. The number of carbonyl (C=O) groups excluding carboxylic acids is 1. The molecule has 1 heterocycles. The van der Waals surface area contributed by atoms with Gasteiger partial charge >= 0.3 is 0 Å². The van der Waals surface area contributed by atoms with E-state index in [0.29, 0.717) is 12.5 Å². The van der Waals surface area contributed by atoms with Crippen LogP contribution in [-0.2, 0) is 4.79 Å². The number of quaternary nitrogens is 1. The third kappa shape index (κ3) is 4.00. The van der Waals surface area contributed by atoms with Gasteiger partial charge < -0.3 is 15.1 Å². The molecule has 0 radical (unpaired) electrons. The average Bonchev–Trinajstić information content (AvgIpc) is 3.41. The summed E-state index contributed by atoms with van der Waals surface area (Å²) in [6.07, 6.45) is 2.07. The summed E-state index contributed by atoms with van der Waals surface area (Å²) >= 11 is 6.06. The van der Waals surface area contributed by atoms with Crippen molar-refractivity contribution in [2.24, 2.45) is 5.92 Å². The molecule has 2 N–H and O–H groups in total. The first-order valence-electron chi connectivity index (χ1n) is 8.56. The lowest BCUT2D eigenvalue weighted by Crippen LogP contribution is -3.16. The highest BCUT2D eigenvalue weighted by molar-refractivity contribution is 6.30. The van der Waals surface area contributed by atoms with Crippen molar-refractivity contribution in [3.05, 3.63) is 29.3 Å². The van der Waals surface area contributed by atoms with Crippen molar-refractivity contribution >= 4 is 23.2 Å². The number of nitrogens with one attached hydrogen (secondary N) is 2. The smallest absolute Gasteiger partial charge is 0.276 e. The van der Waals surface area contributed by atoms with Crippen LogP contribution in [-0.4, -0.2) is 44.2 Å². The van der Waals surface area contributed by atoms with Gasteiger partial charge in [-0.15, -0.1) is 0 Å². The highest BCUT2D eigenvalue weighted by Gasteiger charge is 2.43. The van der Waals surface area contributed by atoms with Gasteiger partial charge in [0.05, 0.1) is 32.2 Å². The first-order chi connectivity index (χ1) is 11.5. The second kappa shape index (κ2) is 7.00. The van der Waals surface area contributed by atoms with E-state index in [-0.39, 0.29) is 5.91 Å². The van der Waals surface area contributed by atoms with Gasteiger partial charge in [0.2, 0.25) is 0 Å². The van der Waals surface area contributed by atoms with Crippen molar-refractivity contribution in [2.45, 2.75) is 25.3 Å². The van der Waals surface area contributed by atoms with Crippen LogP contribution in [0.15, 0.2) is 24.3 Å². The Balaban J connectivity index is 1.48. The van der Waals surface area contributed by atoms with Crippen molar-refractivity contribution in [1.29, 1.82) is 5.26 Å². The van der Waals surface area contributed by atoms with E-state index in [2.05, 4.69) is 22.4 Å². The number of halogens is 1. The molecule has 1 aromatic rings. The zero-order valence-corrected chi connectivity index (χ0v) is 14.8. The molecule has 1 aliphatic carbocycles. The molecule has 0 unspecified atom stereocenters. The van der Waals surface area contributed by atoms with Crippen molar-refractivity contribution in [2.75, 3.05) is 37.6 Å². The molecule has 1 aliphatic heterocycles. The molecule has 0 aromatic heterocycles. The second-order valence-electron chi connectivity index (χ2n) is 7.03. The highest BCUT2D eigenvalue weighted by Crippen LogP contribution is 2.39. The van der Waals surface area contributed by atoms with Crippen molar-refractivity contribution in [3.63, 3.8) is 0 Å². The van der Waals surface area contributed by atoms with Gasteiger partial charge in [-0.1, -0.05) is 17.7 Å². The van der Waals surface area contributed by atoms with Crippen LogP contribution in [0.1, 0.15) is 19.8 Å². The summed E-state index contributed by atoms with van der Waals surface area (Å²) in [4.78, 5) is 15.9. The zero-order valence-electron chi connectivity index (χ0n) is 14.0. The summed E-state index contributed by atoms with van der Waals surface area (Å²) in [5.74, 6) is 0.304. The Bertz CT molecular complexity index is 647. The number of hydrogen-bond acceptors (Lipinski definition) is 3. The lowest BCUT2D eigenvalue weighted by atomic mass is 9.98. The molecule has 1 saturated carbocycles. The van der Waals surface area contributed by atoms with Crippen molar-refractivity contribution in [3.8, 4) is 6.07 Å². The van der Waals surface area contributed by atoms with Gasteiger partial charge in [-0.3, -0.25) is 4.79 Å². The summed E-state index contributed by atoms with van der Waals surface area (Å²) in [6, 6.07) is 10.2. The predicted molar refractivity (Wildman–Crippen MR) is 94.1 cm³/mol. The van der Waals surface area contributed by atoms with Gasteiger partial charge in [-0.25, -0.2) is 0 Å². The minimum atomic E-state index is -0.695. The van der Waals surface area contributed by atoms with E-state index in [4.69, 9.17) is 11.6 Å². The Kier molecular flexibility index (Phi) is 4.98. The molecule has 1 saturated heterocycles. The number of hydrogen-bond donors (Lipinski definition) is 2. The zero-order chi connectivity index (χ0) is 17.2. The summed E-state index contributed by atoms with van der Waals surface area (Å²) < 4.78 is 0. The molecule has 3 rings (SSSR count). The van der Waals surface area contributed by atoms with Crippen LogP contribution in [0.25, 0.3) is 0 Å². The van der Waals surface area contributed by atoms with Gasteiger partial charge in [-0.2, -0.15) is 5.26 Å². The van der Waals surface area contributed by atoms with E-state index in [1.165, 1.54) is 4.90 Å². The summed E-state index contributed by atoms with van der Waals surface area (Å²) in [7, 11) is 0. The van der Waals surface area contributed by atoms with E-state index in [1.807, 2.05) is 25.1 Å². The predicted octanol–water partition coefficient (Wildman–Crippen LogP) is 0.853. The third-order valence-electron chi connectivity index (χ3n) is 5.08. The largest absolute Gasteiger partial charge is 0.360 e. The van der Waals surface area contributed by atoms with E-state index >= 15 is 0 Å². The summed E-state index contributed by atoms with van der Waals surface area (Å²) in [5.41, 5.74) is 0.441. The number of nitriles is 1. The van der Waals surface area contributed by atoms with Crippen LogP contribution < -0.4 is 15.1 Å². The summed E-state index contributed by atoms with van der Waals surface area (Å²) in [5, 5.41) is 13.0. The number of carbonyl (C=O) groups is 1. The third-order valence-corrected chi connectivity index (χ3v) is 5.31. The molecular weight excluding hydrogens is 324 g/mol. The number of nitrogens with zero attached hydrogens (tertiary/aromatic N) is 2. The van der Waals surface area contributed by atoms with Crippen molar-refractivity contribution in [1.82, 2.24) is 5.32 Å². The van der Waals surface area contributed by atoms with Gasteiger partial charge in [0.1, 0.15) is 5.54 Å². The van der Waals surface area contributed by atoms with Crippen molar-refractivity contribution < 1.29 is 9.69 Å². The minimum absolute atomic E-state index is 0.0165. The first-order valence-corrected chi connectivity index (χ1v) is 8.94. The fourth-order valence-corrected chi connectivity index (χ4v) is 3.56. The topological polar surface area (TPSA) is 60.6 Å². The van der Waals surface area contributed by atoms with Crippen LogP contribution in [0.5, 0.6) is 0 Å². The molecule has 2 fully saturated rings. The van der Waals surface area contributed by atoms with Gasteiger partial charge in [0.15, 0.2) is 6.54 Å². The minimum Gasteiger partial charge on any atom is -0.360 e. The standard InChI is InChI=1S/C18H23ClN4O/c1-18(13-20,14-5-6-14)21-17(24)12-22-7-9-23(10-8-22)16-4-2-3-15(19)11-16/h2-4,11,14H,5-10,12H2,1H3,(H,21,24)/p+1/t18-/m1/s1. The fraction of sp³-hybridized carbons (Fsp3) is 0.556. The number of anilines is 1. The molecule has 6 heteroatoms. The molecule has 1 atom stereocenters. The van der Waals surface area contributed by atoms with Crippen LogP contribution in [0.4, 0.5) is 5.69 Å². The highest BCUT2D eigenvalue weighted by atomic mass is 35.5. The first kappa shape index (κ1) is 17.1. The van der Waals surface area contributed by atoms with Crippen LogP contribution in [0.3, 0.4) is 0 Å². The summed E-state index contributed by atoms with van der Waals surface area (Å²) in [6.45, 7) is 5.91. The Hall–Kier alpha value is -1.77. The van der Waals surface area contributed by atoms with Crippen LogP contribution in [0.2, 0.25) is 5.02 Å². The molecular formula is C18H24ClN4O+. The maximum absolute atomic E-state index is 12.3. The molecule has 1 aromatic carbocycles. The van der Waals surface area contributed by atoms with E-state index in [0.717, 1.165) is 49.7 Å². The SMILES string of the molecule is C[C@](C#N)(NC(=O)C[NH+]1CCN(c2cccc(Cl)c2)CC1)C1CC1. The van der Waals surface area contributed by atoms with Crippen LogP contribution >= 0.6 is 11.6 Å². The molecule has 128 valence electrons. The Morgan fingerprint density at radius 3 is 2.75 bits per heavy atom. The molecule has 0 spiro atoms. The fourth-order valence-electron chi connectivity index (χ4n) is 3.37.